The molecule has 2 amide bonds. The van der Waals surface area contributed by atoms with Gasteiger partial charge in [0.25, 0.3) is 5.91 Å². The first-order valence-electron chi connectivity index (χ1n) is 10.5. The summed E-state index contributed by atoms with van der Waals surface area (Å²) < 4.78 is 10.6. The number of nitrogens with zero attached hydrogens (tertiary/aromatic N) is 3. The Morgan fingerprint density at radius 1 is 1.25 bits per heavy atom. The van der Waals surface area contributed by atoms with Crippen LogP contribution in [0.15, 0.2) is 24.3 Å². The van der Waals surface area contributed by atoms with Crippen molar-refractivity contribution in [2.45, 2.75) is 39.3 Å². The molecule has 0 atom stereocenters. The van der Waals surface area contributed by atoms with Crippen LogP contribution in [-0.4, -0.2) is 47.4 Å². The van der Waals surface area contributed by atoms with Crippen molar-refractivity contribution < 1.29 is 19.1 Å². The molecule has 1 fully saturated rings. The van der Waals surface area contributed by atoms with Gasteiger partial charge >= 0.3 is 0 Å². The van der Waals surface area contributed by atoms with Gasteiger partial charge in [-0.15, -0.1) is 11.3 Å². The zero-order valence-electron chi connectivity index (χ0n) is 18.4. The van der Waals surface area contributed by atoms with Crippen molar-refractivity contribution in [3.8, 4) is 5.88 Å². The first kappa shape index (κ1) is 22.2. The fourth-order valence-corrected chi connectivity index (χ4v) is 4.97. The molecule has 1 N–H and O–H groups in total. The van der Waals surface area contributed by atoms with Crippen LogP contribution < -0.4 is 10.1 Å². The number of anilines is 1. The third kappa shape index (κ3) is 4.58. The summed E-state index contributed by atoms with van der Waals surface area (Å²) in [4.78, 5) is 37.2. The number of likely N-dealkylation sites (tertiary alicyclic amines) is 1. The molecule has 0 bridgehead atoms. The van der Waals surface area contributed by atoms with E-state index in [4.69, 9.17) is 9.47 Å². The number of thiophene rings is 1. The van der Waals surface area contributed by atoms with E-state index < -0.39 is 0 Å². The summed E-state index contributed by atoms with van der Waals surface area (Å²) in [6, 6.07) is 7.63. The molecule has 3 aromatic rings. The van der Waals surface area contributed by atoms with E-state index in [1.807, 2.05) is 36.1 Å². The van der Waals surface area contributed by atoms with E-state index in [0.717, 1.165) is 35.9 Å². The van der Waals surface area contributed by atoms with E-state index in [0.29, 0.717) is 40.1 Å². The molecule has 0 aliphatic carbocycles. The highest BCUT2D eigenvalue weighted by Crippen LogP contribution is 2.35. The molecular formula is C23H26N4O4S. The summed E-state index contributed by atoms with van der Waals surface area (Å²) in [5, 5.41) is 3.72. The summed E-state index contributed by atoms with van der Waals surface area (Å²) in [5.41, 5.74) is 2.45. The average Bonchev–Trinajstić information content (AvgIpc) is 3.12. The summed E-state index contributed by atoms with van der Waals surface area (Å²) in [6.07, 6.45) is 2.61. The number of fused-ring (bicyclic) bond motifs is 1. The summed E-state index contributed by atoms with van der Waals surface area (Å²) >= 11 is 1.30. The minimum Gasteiger partial charge on any atom is -0.480 e. The standard InChI is InChI=1S/C23H26N4O4S/c1-14-19-22(31-3)25-17(13-30-2)26-23(19)32-20(14)21(29)24-16-8-6-7-15(11-16)12-27-10-5-4-9-18(27)28/h6-8,11H,4-5,9-10,12-13H2,1-3H3,(H,24,29). The maximum absolute atomic E-state index is 13.1. The Bertz CT molecular complexity index is 1160. The highest BCUT2D eigenvalue weighted by molar-refractivity contribution is 7.20. The van der Waals surface area contributed by atoms with E-state index in [2.05, 4.69) is 15.3 Å². The molecule has 0 unspecified atom stereocenters. The lowest BCUT2D eigenvalue weighted by atomic mass is 10.1. The van der Waals surface area contributed by atoms with Crippen molar-refractivity contribution in [2.24, 2.45) is 0 Å². The number of amides is 2. The van der Waals surface area contributed by atoms with Crippen molar-refractivity contribution in [1.82, 2.24) is 14.9 Å². The zero-order chi connectivity index (χ0) is 22.7. The smallest absolute Gasteiger partial charge is 0.266 e. The number of benzene rings is 1. The molecule has 0 radical (unpaired) electrons. The minimum absolute atomic E-state index is 0.189. The van der Waals surface area contributed by atoms with Crippen LogP contribution in [0, 0.1) is 6.92 Å². The Kier molecular flexibility index (Phi) is 6.66. The lowest BCUT2D eigenvalue weighted by Crippen LogP contribution is -2.34. The van der Waals surface area contributed by atoms with Crippen LogP contribution in [0.5, 0.6) is 5.88 Å². The number of hydrogen-bond donors (Lipinski definition) is 1. The van der Waals surface area contributed by atoms with Gasteiger partial charge in [-0.05, 0) is 43.0 Å². The third-order valence-electron chi connectivity index (χ3n) is 5.46. The van der Waals surface area contributed by atoms with Gasteiger partial charge < -0.3 is 19.7 Å². The summed E-state index contributed by atoms with van der Waals surface area (Å²) in [5.74, 6) is 0.912. The molecule has 1 saturated heterocycles. The number of ether oxygens (including phenoxy) is 2. The van der Waals surface area contributed by atoms with Crippen LogP contribution in [0.4, 0.5) is 5.69 Å². The largest absolute Gasteiger partial charge is 0.480 e. The lowest BCUT2D eigenvalue weighted by Gasteiger charge is -2.26. The SMILES string of the molecule is COCc1nc(OC)c2c(C)c(C(=O)Nc3cccc(CN4CCCCC4=O)c3)sc2n1. The first-order chi connectivity index (χ1) is 15.5. The van der Waals surface area contributed by atoms with Gasteiger partial charge in [-0.2, -0.15) is 4.98 Å². The molecule has 1 aliphatic heterocycles. The second kappa shape index (κ2) is 9.62. The Morgan fingerprint density at radius 2 is 2.09 bits per heavy atom. The molecular weight excluding hydrogens is 428 g/mol. The average molecular weight is 455 g/mol. The van der Waals surface area contributed by atoms with Crippen LogP contribution in [0.1, 0.15) is 45.9 Å². The van der Waals surface area contributed by atoms with Gasteiger partial charge in [0.05, 0.1) is 17.4 Å². The van der Waals surface area contributed by atoms with Crippen molar-refractivity contribution >= 4 is 39.1 Å². The van der Waals surface area contributed by atoms with Crippen LogP contribution in [0.3, 0.4) is 0 Å². The topological polar surface area (TPSA) is 93.7 Å². The Morgan fingerprint density at radius 3 is 2.84 bits per heavy atom. The van der Waals surface area contributed by atoms with Crippen LogP contribution in [-0.2, 0) is 22.7 Å². The van der Waals surface area contributed by atoms with E-state index in [1.54, 1.807) is 14.2 Å². The highest BCUT2D eigenvalue weighted by atomic mass is 32.1. The van der Waals surface area contributed by atoms with Gasteiger partial charge in [0.1, 0.15) is 11.4 Å². The Labute approximate surface area is 190 Å². The predicted octanol–water partition coefficient (Wildman–Crippen LogP) is 3.92. The number of hydrogen-bond acceptors (Lipinski definition) is 7. The van der Waals surface area contributed by atoms with Gasteiger partial charge in [0.2, 0.25) is 11.8 Å². The number of carbonyl (C=O) groups excluding carboxylic acids is 2. The van der Waals surface area contributed by atoms with Gasteiger partial charge in [-0.3, -0.25) is 9.59 Å². The molecule has 8 nitrogen and oxygen atoms in total. The van der Waals surface area contributed by atoms with Gasteiger partial charge in [-0.1, -0.05) is 12.1 Å². The first-order valence-corrected chi connectivity index (χ1v) is 11.3. The van der Waals surface area contributed by atoms with Gasteiger partial charge in [0, 0.05) is 32.3 Å². The molecule has 3 heterocycles. The van der Waals surface area contributed by atoms with E-state index in [9.17, 15) is 9.59 Å². The van der Waals surface area contributed by atoms with Gasteiger partial charge in [0.15, 0.2) is 5.82 Å². The molecule has 1 aliphatic rings. The van der Waals surface area contributed by atoms with E-state index >= 15 is 0 Å². The quantitative estimate of drug-likeness (QED) is 0.582. The normalized spacial score (nSPS) is 14.1. The maximum Gasteiger partial charge on any atom is 0.266 e. The van der Waals surface area contributed by atoms with E-state index in [1.165, 1.54) is 11.3 Å². The number of methoxy groups -OCH3 is 2. The number of carbonyl (C=O) groups is 2. The van der Waals surface area contributed by atoms with Crippen molar-refractivity contribution in [3.05, 3.63) is 46.1 Å². The molecule has 0 saturated carbocycles. The fraction of sp³-hybridized carbons (Fsp3) is 0.391. The number of piperidine rings is 1. The molecule has 4 rings (SSSR count). The number of rotatable bonds is 7. The number of nitrogens with one attached hydrogen (secondary N) is 1. The number of aryl methyl sites for hydroxylation is 1. The molecule has 2 aromatic heterocycles. The monoisotopic (exact) mass is 454 g/mol. The predicted molar refractivity (Wildman–Crippen MR) is 123 cm³/mol. The minimum atomic E-state index is -0.216. The lowest BCUT2D eigenvalue weighted by molar-refractivity contribution is -0.133. The zero-order valence-corrected chi connectivity index (χ0v) is 19.3. The third-order valence-corrected chi connectivity index (χ3v) is 6.64. The van der Waals surface area contributed by atoms with E-state index in [-0.39, 0.29) is 18.4 Å². The maximum atomic E-state index is 13.1. The highest BCUT2D eigenvalue weighted by Gasteiger charge is 2.22. The van der Waals surface area contributed by atoms with Gasteiger partial charge in [-0.25, -0.2) is 4.98 Å². The van der Waals surface area contributed by atoms with Crippen molar-refractivity contribution in [3.63, 3.8) is 0 Å². The molecule has 9 heteroatoms. The van der Waals surface area contributed by atoms with Crippen LogP contribution >= 0.6 is 11.3 Å². The van der Waals surface area contributed by atoms with Crippen molar-refractivity contribution in [2.75, 3.05) is 26.1 Å². The van der Waals surface area contributed by atoms with Crippen LogP contribution in [0.2, 0.25) is 0 Å². The molecule has 1 aromatic carbocycles. The van der Waals surface area contributed by atoms with Crippen molar-refractivity contribution in [1.29, 1.82) is 0 Å². The van der Waals surface area contributed by atoms with Crippen LogP contribution in [0.25, 0.3) is 10.2 Å². The molecule has 32 heavy (non-hydrogen) atoms. The number of aromatic nitrogens is 2. The second-order valence-corrected chi connectivity index (χ2v) is 8.74. The Balaban J connectivity index is 1.56. The fourth-order valence-electron chi connectivity index (χ4n) is 3.89. The Hall–Kier alpha value is -3.04. The second-order valence-electron chi connectivity index (χ2n) is 7.75. The molecule has 0 spiro atoms. The summed E-state index contributed by atoms with van der Waals surface area (Å²) in [7, 11) is 3.13. The summed E-state index contributed by atoms with van der Waals surface area (Å²) in [6.45, 7) is 3.47. The molecule has 168 valence electrons.